The number of hydrogen-bond donors (Lipinski definition) is 2. The van der Waals surface area contributed by atoms with Gasteiger partial charge in [-0.05, 0) is 57.2 Å². The lowest BCUT2D eigenvalue weighted by molar-refractivity contribution is 0.311. The number of para-hydroxylation sites is 1. The Hall–Kier alpha value is -1.02. The first-order chi connectivity index (χ1) is 12.3. The Balaban J connectivity index is 0.00000243. The Bertz CT molecular complexity index is 536. The molecule has 1 saturated carbocycles. The fourth-order valence-electron chi connectivity index (χ4n) is 3.33. The van der Waals surface area contributed by atoms with Gasteiger partial charge in [-0.25, -0.2) is 0 Å². The number of nitrogens with zero attached hydrogens (tertiary/aromatic N) is 2. The Kier molecular flexibility index (Phi) is 9.53. The van der Waals surface area contributed by atoms with E-state index in [4.69, 9.17) is 9.73 Å². The Morgan fingerprint density at radius 1 is 1.19 bits per heavy atom. The summed E-state index contributed by atoms with van der Waals surface area (Å²) in [5.41, 5.74) is 0. The average Bonchev–Trinajstić information content (AvgIpc) is 3.38. The quantitative estimate of drug-likeness (QED) is 0.251. The maximum absolute atomic E-state index is 5.72. The van der Waals surface area contributed by atoms with Crippen LogP contribution < -0.4 is 15.4 Å². The fourth-order valence-corrected chi connectivity index (χ4v) is 3.33. The van der Waals surface area contributed by atoms with Gasteiger partial charge >= 0.3 is 0 Å². The minimum Gasteiger partial charge on any atom is -0.494 e. The molecule has 0 bridgehead atoms. The van der Waals surface area contributed by atoms with Crippen LogP contribution in [0.2, 0.25) is 0 Å². The normalized spacial score (nSPS) is 20.5. The molecule has 0 spiro atoms. The van der Waals surface area contributed by atoms with Crippen molar-refractivity contribution >= 4 is 29.9 Å². The van der Waals surface area contributed by atoms with E-state index in [1.165, 1.54) is 32.4 Å². The standard InChI is InChI=1S/C20H32N4O.HI/c1-2-21-20(22-12-6-14-25-19-7-4-3-5-8-19)23-15-17-11-13-24(16-17)18-9-10-18;/h3-5,7-8,17-18H,2,6,9-16H2,1H3,(H2,21,22,23);1H. The number of halogens is 1. The summed E-state index contributed by atoms with van der Waals surface area (Å²) in [5, 5.41) is 6.77. The molecule has 6 heteroatoms. The molecule has 3 rings (SSSR count). The molecule has 2 N–H and O–H groups in total. The molecule has 1 aliphatic heterocycles. The summed E-state index contributed by atoms with van der Waals surface area (Å²) in [4.78, 5) is 7.45. The predicted octanol–water partition coefficient (Wildman–Crippen LogP) is 3.11. The van der Waals surface area contributed by atoms with E-state index in [1.54, 1.807) is 0 Å². The van der Waals surface area contributed by atoms with Gasteiger partial charge in [0.15, 0.2) is 5.96 Å². The summed E-state index contributed by atoms with van der Waals surface area (Å²) in [7, 11) is 0. The molecule has 1 aromatic rings. The number of rotatable bonds is 9. The summed E-state index contributed by atoms with van der Waals surface area (Å²) in [5.74, 6) is 2.59. The summed E-state index contributed by atoms with van der Waals surface area (Å²) in [6.07, 6.45) is 5.07. The molecule has 2 fully saturated rings. The molecule has 1 unspecified atom stereocenters. The molecule has 146 valence electrons. The predicted molar refractivity (Wildman–Crippen MR) is 119 cm³/mol. The average molecular weight is 472 g/mol. The van der Waals surface area contributed by atoms with Crippen LogP contribution in [0.3, 0.4) is 0 Å². The van der Waals surface area contributed by atoms with Gasteiger partial charge in [-0.3, -0.25) is 4.99 Å². The molecular formula is C20H33IN4O. The van der Waals surface area contributed by atoms with Gasteiger partial charge in [0.25, 0.3) is 0 Å². The second-order valence-corrected chi connectivity index (χ2v) is 7.04. The first-order valence-corrected chi connectivity index (χ1v) is 9.79. The Morgan fingerprint density at radius 2 is 2.00 bits per heavy atom. The molecule has 1 atom stereocenters. The van der Waals surface area contributed by atoms with E-state index in [-0.39, 0.29) is 24.0 Å². The van der Waals surface area contributed by atoms with E-state index in [2.05, 4.69) is 22.5 Å². The highest BCUT2D eigenvalue weighted by Gasteiger charge is 2.34. The van der Waals surface area contributed by atoms with Crippen molar-refractivity contribution in [3.63, 3.8) is 0 Å². The van der Waals surface area contributed by atoms with Crippen molar-refractivity contribution in [3.05, 3.63) is 30.3 Å². The van der Waals surface area contributed by atoms with Gasteiger partial charge in [0.05, 0.1) is 6.61 Å². The summed E-state index contributed by atoms with van der Waals surface area (Å²) in [6, 6.07) is 10.9. The second kappa shape index (κ2) is 11.6. The number of guanidine groups is 1. The maximum atomic E-state index is 5.72. The summed E-state index contributed by atoms with van der Waals surface area (Å²) in [6.45, 7) is 8.03. The highest BCUT2D eigenvalue weighted by atomic mass is 127. The van der Waals surface area contributed by atoms with Crippen LogP contribution in [0.4, 0.5) is 0 Å². The zero-order valence-corrected chi connectivity index (χ0v) is 18.2. The van der Waals surface area contributed by atoms with Crippen molar-refractivity contribution in [3.8, 4) is 5.75 Å². The lowest BCUT2D eigenvalue weighted by Gasteiger charge is -2.15. The van der Waals surface area contributed by atoms with Crippen LogP contribution in [0, 0.1) is 5.92 Å². The highest BCUT2D eigenvalue weighted by molar-refractivity contribution is 14.0. The molecular weight excluding hydrogens is 439 g/mol. The van der Waals surface area contributed by atoms with Gasteiger partial charge < -0.3 is 20.3 Å². The molecule has 0 aromatic heterocycles. The zero-order chi connectivity index (χ0) is 17.3. The summed E-state index contributed by atoms with van der Waals surface area (Å²) < 4.78 is 5.72. The third-order valence-corrected chi connectivity index (χ3v) is 4.86. The smallest absolute Gasteiger partial charge is 0.191 e. The van der Waals surface area contributed by atoms with Crippen molar-refractivity contribution in [2.45, 2.75) is 38.6 Å². The molecule has 0 radical (unpaired) electrons. The molecule has 2 aliphatic rings. The van der Waals surface area contributed by atoms with Crippen molar-refractivity contribution < 1.29 is 4.74 Å². The van der Waals surface area contributed by atoms with E-state index in [0.717, 1.165) is 56.3 Å². The van der Waals surface area contributed by atoms with E-state index >= 15 is 0 Å². The van der Waals surface area contributed by atoms with Gasteiger partial charge in [-0.15, -0.1) is 24.0 Å². The van der Waals surface area contributed by atoms with Gasteiger partial charge in [0.1, 0.15) is 5.75 Å². The minimum atomic E-state index is 0. The number of aliphatic imine (C=N–C) groups is 1. The minimum absolute atomic E-state index is 0. The molecule has 1 saturated heterocycles. The second-order valence-electron chi connectivity index (χ2n) is 7.04. The molecule has 26 heavy (non-hydrogen) atoms. The van der Waals surface area contributed by atoms with E-state index in [0.29, 0.717) is 0 Å². The largest absolute Gasteiger partial charge is 0.494 e. The number of hydrogen-bond acceptors (Lipinski definition) is 3. The van der Waals surface area contributed by atoms with Crippen molar-refractivity contribution in [1.29, 1.82) is 0 Å². The topological polar surface area (TPSA) is 48.9 Å². The number of likely N-dealkylation sites (tertiary alicyclic amines) is 1. The van der Waals surface area contributed by atoms with Crippen LogP contribution >= 0.6 is 24.0 Å². The first-order valence-electron chi connectivity index (χ1n) is 9.79. The lowest BCUT2D eigenvalue weighted by Crippen LogP contribution is -2.38. The SMILES string of the molecule is CCNC(=NCC1CCN(C2CC2)C1)NCCCOc1ccccc1.I. The monoisotopic (exact) mass is 472 g/mol. The molecule has 1 aromatic carbocycles. The van der Waals surface area contributed by atoms with Crippen LogP contribution in [-0.4, -0.2) is 56.2 Å². The van der Waals surface area contributed by atoms with E-state index < -0.39 is 0 Å². The van der Waals surface area contributed by atoms with E-state index in [1.807, 2.05) is 30.3 Å². The Labute approximate surface area is 175 Å². The summed E-state index contributed by atoms with van der Waals surface area (Å²) >= 11 is 0. The maximum Gasteiger partial charge on any atom is 0.191 e. The van der Waals surface area contributed by atoms with Crippen LogP contribution in [0.25, 0.3) is 0 Å². The molecule has 1 heterocycles. The number of benzene rings is 1. The highest BCUT2D eigenvalue weighted by Crippen LogP contribution is 2.31. The van der Waals surface area contributed by atoms with Gasteiger partial charge in [-0.1, -0.05) is 18.2 Å². The van der Waals surface area contributed by atoms with Gasteiger partial charge in [0.2, 0.25) is 0 Å². The molecule has 5 nitrogen and oxygen atoms in total. The third-order valence-electron chi connectivity index (χ3n) is 4.86. The zero-order valence-electron chi connectivity index (χ0n) is 15.8. The third kappa shape index (κ3) is 7.31. The van der Waals surface area contributed by atoms with Crippen molar-refractivity contribution in [1.82, 2.24) is 15.5 Å². The van der Waals surface area contributed by atoms with Crippen molar-refractivity contribution in [2.24, 2.45) is 10.9 Å². The van der Waals surface area contributed by atoms with Crippen LogP contribution in [0.5, 0.6) is 5.75 Å². The fraction of sp³-hybridized carbons (Fsp3) is 0.650. The molecule has 0 amide bonds. The van der Waals surface area contributed by atoms with Gasteiger partial charge in [-0.2, -0.15) is 0 Å². The molecule has 1 aliphatic carbocycles. The van der Waals surface area contributed by atoms with Gasteiger partial charge in [0, 0.05) is 32.2 Å². The number of nitrogens with one attached hydrogen (secondary N) is 2. The van der Waals surface area contributed by atoms with Crippen LogP contribution in [-0.2, 0) is 0 Å². The Morgan fingerprint density at radius 3 is 2.73 bits per heavy atom. The van der Waals surface area contributed by atoms with Crippen molar-refractivity contribution in [2.75, 3.05) is 39.3 Å². The van der Waals surface area contributed by atoms with Crippen LogP contribution in [0.1, 0.15) is 32.6 Å². The van der Waals surface area contributed by atoms with Crippen LogP contribution in [0.15, 0.2) is 35.3 Å². The number of ether oxygens (including phenoxy) is 1. The lowest BCUT2D eigenvalue weighted by atomic mass is 10.1. The van der Waals surface area contributed by atoms with E-state index in [9.17, 15) is 0 Å². The first kappa shape index (κ1) is 21.3.